The van der Waals surface area contributed by atoms with Crippen LogP contribution in [0.2, 0.25) is 0 Å². The number of benzene rings is 2. The predicted molar refractivity (Wildman–Crippen MR) is 92.6 cm³/mol. The minimum absolute atomic E-state index is 0.711. The number of halogens is 1. The zero-order valence-electron chi connectivity index (χ0n) is 12.3. The fourth-order valence-corrected chi connectivity index (χ4v) is 2.87. The highest BCUT2D eigenvalue weighted by Crippen LogP contribution is 2.33. The molecule has 5 heteroatoms. The van der Waals surface area contributed by atoms with Gasteiger partial charge in [0.05, 0.1) is 24.9 Å². The van der Waals surface area contributed by atoms with Gasteiger partial charge in [0.1, 0.15) is 5.75 Å². The van der Waals surface area contributed by atoms with Gasteiger partial charge in [0.2, 0.25) is 0 Å². The van der Waals surface area contributed by atoms with Gasteiger partial charge in [-0.2, -0.15) is 0 Å². The molecule has 0 saturated heterocycles. The van der Waals surface area contributed by atoms with Crippen molar-refractivity contribution in [3.63, 3.8) is 0 Å². The number of hydrogen-bond acceptors (Lipinski definition) is 4. The molecule has 0 aliphatic rings. The molecular weight excluding hydrogens is 381 g/mol. The van der Waals surface area contributed by atoms with Crippen LogP contribution in [0.1, 0.15) is 5.56 Å². The summed E-state index contributed by atoms with van der Waals surface area (Å²) in [4.78, 5) is 0. The summed E-state index contributed by atoms with van der Waals surface area (Å²) in [5, 5.41) is 3.37. The standard InChI is InChI=1S/C16H18INO3/c1-19-13-6-4-12(5-7-13)18-10-11-8-14(17)16(21-3)15(9-11)20-2/h4-9,18H,10H2,1-3H3. The molecule has 0 heterocycles. The molecule has 4 nitrogen and oxygen atoms in total. The van der Waals surface area contributed by atoms with Crippen LogP contribution < -0.4 is 19.5 Å². The van der Waals surface area contributed by atoms with E-state index in [1.165, 1.54) is 0 Å². The summed E-state index contributed by atoms with van der Waals surface area (Å²) in [5.74, 6) is 2.36. The highest BCUT2D eigenvalue weighted by molar-refractivity contribution is 14.1. The number of hydrogen-bond donors (Lipinski definition) is 1. The van der Waals surface area contributed by atoms with E-state index in [1.807, 2.05) is 30.3 Å². The molecule has 0 spiro atoms. The van der Waals surface area contributed by atoms with Crippen molar-refractivity contribution >= 4 is 28.3 Å². The Morgan fingerprint density at radius 2 is 1.67 bits per heavy atom. The van der Waals surface area contributed by atoms with Gasteiger partial charge in [-0.15, -0.1) is 0 Å². The third-order valence-electron chi connectivity index (χ3n) is 3.08. The highest BCUT2D eigenvalue weighted by Gasteiger charge is 2.10. The normalized spacial score (nSPS) is 10.1. The predicted octanol–water partition coefficient (Wildman–Crippen LogP) is 3.93. The van der Waals surface area contributed by atoms with Crippen molar-refractivity contribution in [3.8, 4) is 17.2 Å². The molecule has 2 aromatic rings. The molecule has 0 aliphatic carbocycles. The molecule has 0 unspecified atom stereocenters. The van der Waals surface area contributed by atoms with Crippen molar-refractivity contribution in [1.29, 1.82) is 0 Å². The Balaban J connectivity index is 2.10. The fourth-order valence-electron chi connectivity index (χ4n) is 1.99. The molecule has 2 aromatic carbocycles. The van der Waals surface area contributed by atoms with Crippen LogP contribution in [-0.4, -0.2) is 21.3 Å². The molecule has 0 saturated carbocycles. The van der Waals surface area contributed by atoms with Crippen molar-refractivity contribution in [2.45, 2.75) is 6.54 Å². The quantitative estimate of drug-likeness (QED) is 0.748. The van der Waals surface area contributed by atoms with Crippen LogP contribution in [-0.2, 0) is 6.54 Å². The second-order valence-corrected chi connectivity index (χ2v) is 5.56. The van der Waals surface area contributed by atoms with Crippen LogP contribution in [0.4, 0.5) is 5.69 Å². The molecule has 0 amide bonds. The molecule has 0 radical (unpaired) electrons. The lowest BCUT2D eigenvalue weighted by Gasteiger charge is -2.13. The molecule has 1 N–H and O–H groups in total. The first-order chi connectivity index (χ1) is 10.2. The van der Waals surface area contributed by atoms with Gasteiger partial charge >= 0.3 is 0 Å². The van der Waals surface area contributed by atoms with Gasteiger partial charge < -0.3 is 19.5 Å². The van der Waals surface area contributed by atoms with E-state index < -0.39 is 0 Å². The number of ether oxygens (including phenoxy) is 3. The van der Waals surface area contributed by atoms with Crippen molar-refractivity contribution in [2.75, 3.05) is 26.6 Å². The second kappa shape index (κ2) is 7.40. The Bertz CT molecular complexity index is 599. The van der Waals surface area contributed by atoms with E-state index in [4.69, 9.17) is 14.2 Å². The molecule has 21 heavy (non-hydrogen) atoms. The second-order valence-electron chi connectivity index (χ2n) is 4.40. The first kappa shape index (κ1) is 15.8. The Kier molecular flexibility index (Phi) is 5.55. The lowest BCUT2D eigenvalue weighted by molar-refractivity contribution is 0.352. The summed E-state index contributed by atoms with van der Waals surface area (Å²) in [6.07, 6.45) is 0. The zero-order valence-corrected chi connectivity index (χ0v) is 14.4. The first-order valence-corrected chi connectivity index (χ1v) is 7.54. The van der Waals surface area contributed by atoms with Crippen LogP contribution in [0.3, 0.4) is 0 Å². The lowest BCUT2D eigenvalue weighted by atomic mass is 10.2. The number of methoxy groups -OCH3 is 3. The van der Waals surface area contributed by atoms with Gasteiger partial charge in [-0.25, -0.2) is 0 Å². The van der Waals surface area contributed by atoms with Crippen molar-refractivity contribution in [2.24, 2.45) is 0 Å². The SMILES string of the molecule is COc1ccc(NCc2cc(I)c(OC)c(OC)c2)cc1. The van der Waals surface area contributed by atoms with Gasteiger partial charge in [0, 0.05) is 12.2 Å². The van der Waals surface area contributed by atoms with E-state index >= 15 is 0 Å². The summed E-state index contributed by atoms with van der Waals surface area (Å²) >= 11 is 2.25. The largest absolute Gasteiger partial charge is 0.497 e. The van der Waals surface area contributed by atoms with Crippen molar-refractivity contribution in [1.82, 2.24) is 0 Å². The maximum absolute atomic E-state index is 5.37. The molecule has 0 bridgehead atoms. The highest BCUT2D eigenvalue weighted by atomic mass is 127. The van der Waals surface area contributed by atoms with Gasteiger partial charge in [-0.05, 0) is 64.6 Å². The summed E-state index contributed by atoms with van der Waals surface area (Å²) in [6.45, 7) is 0.711. The van der Waals surface area contributed by atoms with Gasteiger partial charge in [-0.3, -0.25) is 0 Å². The molecule has 2 rings (SSSR count). The van der Waals surface area contributed by atoms with E-state index in [2.05, 4.69) is 34.0 Å². The summed E-state index contributed by atoms with van der Waals surface area (Å²) < 4.78 is 16.9. The Hall–Kier alpha value is -1.63. The molecular formula is C16H18INO3. The van der Waals surface area contributed by atoms with E-state index in [0.29, 0.717) is 6.54 Å². The van der Waals surface area contributed by atoms with Crippen LogP contribution in [0.5, 0.6) is 17.2 Å². The average molecular weight is 399 g/mol. The molecule has 0 aromatic heterocycles. The van der Waals surface area contributed by atoms with Crippen molar-refractivity contribution in [3.05, 3.63) is 45.5 Å². The lowest BCUT2D eigenvalue weighted by Crippen LogP contribution is -2.02. The maximum Gasteiger partial charge on any atom is 0.174 e. The van der Waals surface area contributed by atoms with Gasteiger partial charge in [0.15, 0.2) is 11.5 Å². The number of rotatable bonds is 6. The van der Waals surface area contributed by atoms with Gasteiger partial charge in [0.25, 0.3) is 0 Å². The molecule has 0 aliphatic heterocycles. The Labute approximate surface area is 138 Å². The maximum atomic E-state index is 5.37. The van der Waals surface area contributed by atoms with Crippen LogP contribution in [0.15, 0.2) is 36.4 Å². The number of nitrogens with one attached hydrogen (secondary N) is 1. The summed E-state index contributed by atoms with van der Waals surface area (Å²) in [6, 6.07) is 11.9. The van der Waals surface area contributed by atoms with E-state index in [-0.39, 0.29) is 0 Å². The third-order valence-corrected chi connectivity index (χ3v) is 3.88. The molecule has 0 fully saturated rings. The summed E-state index contributed by atoms with van der Waals surface area (Å²) in [5.41, 5.74) is 2.17. The number of anilines is 1. The van der Waals surface area contributed by atoms with E-state index in [0.717, 1.165) is 32.1 Å². The minimum atomic E-state index is 0.711. The molecule has 0 atom stereocenters. The Morgan fingerprint density at radius 3 is 2.24 bits per heavy atom. The van der Waals surface area contributed by atoms with E-state index in [1.54, 1.807) is 21.3 Å². The topological polar surface area (TPSA) is 39.7 Å². The smallest absolute Gasteiger partial charge is 0.174 e. The monoisotopic (exact) mass is 399 g/mol. The average Bonchev–Trinajstić information content (AvgIpc) is 2.52. The van der Waals surface area contributed by atoms with Crippen molar-refractivity contribution < 1.29 is 14.2 Å². The Morgan fingerprint density at radius 1 is 0.952 bits per heavy atom. The first-order valence-electron chi connectivity index (χ1n) is 6.46. The fraction of sp³-hybridized carbons (Fsp3) is 0.250. The van der Waals surface area contributed by atoms with Gasteiger partial charge in [-0.1, -0.05) is 0 Å². The molecule has 112 valence electrons. The zero-order chi connectivity index (χ0) is 15.2. The van der Waals surface area contributed by atoms with Crippen LogP contribution >= 0.6 is 22.6 Å². The van der Waals surface area contributed by atoms with Crippen LogP contribution in [0.25, 0.3) is 0 Å². The summed E-state index contributed by atoms with van der Waals surface area (Å²) in [7, 11) is 4.96. The third kappa shape index (κ3) is 3.93. The minimum Gasteiger partial charge on any atom is -0.497 e. The van der Waals surface area contributed by atoms with Crippen LogP contribution in [0, 0.1) is 3.57 Å². The van der Waals surface area contributed by atoms with E-state index in [9.17, 15) is 0 Å².